The van der Waals surface area contributed by atoms with Crippen LogP contribution in [-0.4, -0.2) is 30.8 Å². The molecule has 0 fully saturated rings. The average Bonchev–Trinajstić information content (AvgIpc) is 2.80. The van der Waals surface area contributed by atoms with Crippen LogP contribution >= 0.6 is 11.6 Å². The molecule has 0 aromatic heterocycles. The second-order valence-corrected chi connectivity index (χ2v) is 6.94. The maximum atomic E-state index is 12.2. The van der Waals surface area contributed by atoms with Gasteiger partial charge in [-0.1, -0.05) is 35.9 Å². The Bertz CT molecular complexity index is 1130. The maximum absolute atomic E-state index is 12.2. The van der Waals surface area contributed by atoms with Crippen molar-refractivity contribution < 1.29 is 23.8 Å². The van der Waals surface area contributed by atoms with E-state index in [2.05, 4.69) is 10.5 Å². The summed E-state index contributed by atoms with van der Waals surface area (Å²) in [5, 5.41) is 4.26. The Kier molecular flexibility index (Phi) is 6.14. The van der Waals surface area contributed by atoms with Crippen molar-refractivity contribution in [2.45, 2.75) is 6.10 Å². The zero-order valence-electron chi connectivity index (χ0n) is 16.2. The molecule has 0 spiro atoms. The Morgan fingerprint density at radius 1 is 1.00 bits per heavy atom. The number of hydrogen-bond acceptors (Lipinski definition) is 6. The summed E-state index contributed by atoms with van der Waals surface area (Å²) in [7, 11) is 0. The van der Waals surface area contributed by atoms with Gasteiger partial charge in [-0.25, -0.2) is 10.2 Å². The third-order valence-electron chi connectivity index (χ3n) is 4.37. The topological polar surface area (TPSA) is 86.2 Å². The Balaban J connectivity index is 1.30. The number of amides is 1. The molecule has 0 radical (unpaired) electrons. The highest BCUT2D eigenvalue weighted by Gasteiger charge is 2.26. The zero-order chi connectivity index (χ0) is 21.6. The number of fused-ring (bicyclic) bond motifs is 1. The first-order valence-corrected chi connectivity index (χ1v) is 9.76. The van der Waals surface area contributed by atoms with E-state index in [1.807, 2.05) is 6.07 Å². The SMILES string of the molecule is O=C(Oc1ccc(C=NNC(=O)[C@@H]2COc3ccccc3O2)cc1)c1ccccc1Cl. The first-order valence-electron chi connectivity index (χ1n) is 9.38. The van der Waals surface area contributed by atoms with Gasteiger partial charge in [0.2, 0.25) is 6.10 Å². The summed E-state index contributed by atoms with van der Waals surface area (Å²) in [6, 6.07) is 20.4. The summed E-state index contributed by atoms with van der Waals surface area (Å²) < 4.78 is 16.5. The smallest absolute Gasteiger partial charge is 0.345 e. The van der Waals surface area contributed by atoms with E-state index in [0.29, 0.717) is 27.8 Å². The lowest BCUT2D eigenvalue weighted by atomic mass is 10.2. The van der Waals surface area contributed by atoms with Gasteiger partial charge < -0.3 is 14.2 Å². The number of para-hydroxylation sites is 2. The molecular formula is C23H17ClN2O5. The van der Waals surface area contributed by atoms with Crippen LogP contribution in [0.4, 0.5) is 0 Å². The second kappa shape index (κ2) is 9.32. The first kappa shape index (κ1) is 20.4. The molecule has 0 bridgehead atoms. The van der Waals surface area contributed by atoms with Gasteiger partial charge in [0.05, 0.1) is 16.8 Å². The molecule has 156 valence electrons. The van der Waals surface area contributed by atoms with Gasteiger partial charge in [-0.2, -0.15) is 5.10 Å². The number of ether oxygens (including phenoxy) is 3. The Morgan fingerprint density at radius 2 is 1.71 bits per heavy atom. The number of hydrazone groups is 1. The van der Waals surface area contributed by atoms with Crippen molar-refractivity contribution in [2.75, 3.05) is 6.61 Å². The highest BCUT2D eigenvalue weighted by Crippen LogP contribution is 2.30. The first-order chi connectivity index (χ1) is 15.1. The number of carbonyl (C=O) groups excluding carboxylic acids is 2. The van der Waals surface area contributed by atoms with Crippen LogP contribution in [0.25, 0.3) is 0 Å². The van der Waals surface area contributed by atoms with Crippen molar-refractivity contribution in [1.82, 2.24) is 5.43 Å². The summed E-state index contributed by atoms with van der Waals surface area (Å²) in [4.78, 5) is 24.4. The third-order valence-corrected chi connectivity index (χ3v) is 4.70. The summed E-state index contributed by atoms with van der Waals surface area (Å²) in [6.45, 7) is 0.101. The fourth-order valence-electron chi connectivity index (χ4n) is 2.80. The number of rotatable bonds is 5. The number of esters is 1. The Morgan fingerprint density at radius 3 is 2.48 bits per heavy atom. The number of benzene rings is 3. The van der Waals surface area contributed by atoms with Gasteiger partial charge >= 0.3 is 5.97 Å². The van der Waals surface area contributed by atoms with Crippen LogP contribution in [0.15, 0.2) is 77.9 Å². The fourth-order valence-corrected chi connectivity index (χ4v) is 3.01. The minimum atomic E-state index is -0.793. The van der Waals surface area contributed by atoms with E-state index in [0.717, 1.165) is 0 Å². The van der Waals surface area contributed by atoms with E-state index in [9.17, 15) is 9.59 Å². The van der Waals surface area contributed by atoms with Crippen molar-refractivity contribution in [2.24, 2.45) is 5.10 Å². The summed E-state index contributed by atoms with van der Waals surface area (Å²) in [6.07, 6.45) is 0.675. The van der Waals surface area contributed by atoms with Gasteiger partial charge in [-0.3, -0.25) is 4.79 Å². The van der Waals surface area contributed by atoms with Crippen LogP contribution < -0.4 is 19.6 Å². The molecule has 1 heterocycles. The Labute approximate surface area is 183 Å². The van der Waals surface area contributed by atoms with Crippen molar-refractivity contribution in [3.8, 4) is 17.2 Å². The monoisotopic (exact) mass is 436 g/mol. The van der Waals surface area contributed by atoms with Gasteiger partial charge in [0.15, 0.2) is 11.5 Å². The van der Waals surface area contributed by atoms with Crippen LogP contribution in [0, 0.1) is 0 Å². The van der Waals surface area contributed by atoms with E-state index < -0.39 is 18.0 Å². The number of hydrogen-bond donors (Lipinski definition) is 1. The minimum Gasteiger partial charge on any atom is -0.485 e. The third kappa shape index (κ3) is 5.02. The van der Waals surface area contributed by atoms with Crippen LogP contribution in [0.3, 0.4) is 0 Å². The van der Waals surface area contributed by atoms with Gasteiger partial charge in [-0.15, -0.1) is 0 Å². The largest absolute Gasteiger partial charge is 0.485 e. The van der Waals surface area contributed by atoms with Crippen LogP contribution in [0.2, 0.25) is 5.02 Å². The minimum absolute atomic E-state index is 0.101. The normalized spacial score (nSPS) is 14.8. The molecule has 31 heavy (non-hydrogen) atoms. The predicted octanol–water partition coefficient (Wildman–Crippen LogP) is 3.85. The molecule has 1 amide bonds. The van der Waals surface area contributed by atoms with Gasteiger partial charge in [0.25, 0.3) is 5.91 Å². The van der Waals surface area contributed by atoms with Crippen molar-refractivity contribution in [3.05, 3.63) is 88.9 Å². The lowest BCUT2D eigenvalue weighted by molar-refractivity contribution is -0.130. The van der Waals surface area contributed by atoms with Gasteiger partial charge in [0, 0.05) is 0 Å². The standard InChI is InChI=1S/C23H17ClN2O5/c24-18-6-2-1-5-17(18)23(28)30-16-11-9-15(10-12-16)13-25-26-22(27)21-14-29-19-7-3-4-8-20(19)31-21/h1-13,21H,14H2,(H,26,27)/t21-/m0/s1. The molecule has 0 saturated carbocycles. The maximum Gasteiger partial charge on any atom is 0.345 e. The molecule has 8 heteroatoms. The van der Waals surface area contributed by atoms with Gasteiger partial charge in [0.1, 0.15) is 12.4 Å². The molecule has 0 unspecified atom stereocenters. The molecule has 1 atom stereocenters. The molecule has 0 aliphatic carbocycles. The molecule has 1 aliphatic rings. The molecule has 0 saturated heterocycles. The van der Waals surface area contributed by atoms with Gasteiger partial charge in [-0.05, 0) is 54.1 Å². The van der Waals surface area contributed by atoms with Crippen LogP contribution in [0.1, 0.15) is 15.9 Å². The lowest BCUT2D eigenvalue weighted by Crippen LogP contribution is -2.42. The number of halogens is 1. The van der Waals surface area contributed by atoms with E-state index in [-0.39, 0.29) is 12.2 Å². The molecule has 3 aromatic carbocycles. The zero-order valence-corrected chi connectivity index (χ0v) is 16.9. The summed E-state index contributed by atoms with van der Waals surface area (Å²) in [5.41, 5.74) is 3.42. The van der Waals surface area contributed by atoms with E-state index >= 15 is 0 Å². The average molecular weight is 437 g/mol. The molecule has 1 N–H and O–H groups in total. The van der Waals surface area contributed by atoms with Crippen LogP contribution in [0.5, 0.6) is 17.2 Å². The van der Waals surface area contributed by atoms with Crippen molar-refractivity contribution in [3.63, 3.8) is 0 Å². The number of carbonyl (C=O) groups is 2. The molecule has 3 aromatic rings. The van der Waals surface area contributed by atoms with E-state index in [4.69, 9.17) is 25.8 Å². The van der Waals surface area contributed by atoms with Crippen molar-refractivity contribution >= 4 is 29.7 Å². The molecule has 1 aliphatic heterocycles. The number of nitrogens with one attached hydrogen (secondary N) is 1. The summed E-state index contributed by atoms with van der Waals surface area (Å²) in [5.74, 6) is 0.509. The molecular weight excluding hydrogens is 420 g/mol. The lowest BCUT2D eigenvalue weighted by Gasteiger charge is -2.24. The Hall–Kier alpha value is -3.84. The van der Waals surface area contributed by atoms with E-state index in [1.54, 1.807) is 66.7 Å². The summed E-state index contributed by atoms with van der Waals surface area (Å²) >= 11 is 6.00. The van der Waals surface area contributed by atoms with Crippen molar-refractivity contribution in [1.29, 1.82) is 0 Å². The molecule has 7 nitrogen and oxygen atoms in total. The highest BCUT2D eigenvalue weighted by molar-refractivity contribution is 6.33. The predicted molar refractivity (Wildman–Crippen MR) is 115 cm³/mol. The van der Waals surface area contributed by atoms with E-state index in [1.165, 1.54) is 6.21 Å². The number of nitrogens with zero attached hydrogens (tertiary/aromatic N) is 1. The second-order valence-electron chi connectivity index (χ2n) is 6.54. The van der Waals surface area contributed by atoms with Crippen LogP contribution in [-0.2, 0) is 4.79 Å². The quantitative estimate of drug-likeness (QED) is 0.284. The fraction of sp³-hybridized carbons (Fsp3) is 0.0870. The molecule has 4 rings (SSSR count). The highest BCUT2D eigenvalue weighted by atomic mass is 35.5.